The minimum absolute atomic E-state index is 0.0476. The Hall–Kier alpha value is -3.07. The van der Waals surface area contributed by atoms with Crippen molar-refractivity contribution in [3.05, 3.63) is 41.4 Å². The molecule has 1 aliphatic rings. The Balaban J connectivity index is 1.42. The number of rotatable bonds is 6. The molecule has 160 valence electrons. The molecule has 0 atom stereocenters. The van der Waals surface area contributed by atoms with Crippen molar-refractivity contribution in [1.82, 2.24) is 30.2 Å². The molecule has 9 heteroatoms. The minimum Gasteiger partial charge on any atom is -0.361 e. The number of amides is 2. The Labute approximate surface area is 176 Å². The van der Waals surface area contributed by atoms with Crippen LogP contribution >= 0.6 is 0 Å². The lowest BCUT2D eigenvalue weighted by molar-refractivity contribution is 0.196. The van der Waals surface area contributed by atoms with E-state index in [2.05, 4.69) is 68.7 Å². The standard InChI is InChI=1S/C21H29N7O2/c1-22-21(29)28-10-8-27(9-11-28)20-24-19(30-25-20)13-15-4-5-18-17(12-15)16(14-23-18)6-7-26(2)3/h4-5,12,14,23H,6-11,13H2,1-3H3,(H,22,29). The van der Waals surface area contributed by atoms with E-state index in [1.165, 1.54) is 10.9 Å². The molecule has 0 unspecified atom stereocenters. The Morgan fingerprint density at radius 1 is 1.27 bits per heavy atom. The van der Waals surface area contributed by atoms with E-state index in [9.17, 15) is 4.79 Å². The first-order chi connectivity index (χ1) is 14.5. The van der Waals surface area contributed by atoms with E-state index < -0.39 is 0 Å². The predicted molar refractivity (Wildman–Crippen MR) is 116 cm³/mol. The summed E-state index contributed by atoms with van der Waals surface area (Å²) in [5.74, 6) is 1.19. The van der Waals surface area contributed by atoms with Gasteiger partial charge in [-0.2, -0.15) is 4.98 Å². The molecule has 2 aromatic heterocycles. The van der Waals surface area contributed by atoms with Crippen LogP contribution in [0.1, 0.15) is 17.0 Å². The van der Waals surface area contributed by atoms with Crippen molar-refractivity contribution in [2.24, 2.45) is 0 Å². The van der Waals surface area contributed by atoms with Gasteiger partial charge in [-0.25, -0.2) is 4.79 Å². The molecule has 1 saturated heterocycles. The van der Waals surface area contributed by atoms with Crippen LogP contribution in [0.2, 0.25) is 0 Å². The van der Waals surface area contributed by atoms with Gasteiger partial charge in [-0.05, 0) is 48.9 Å². The van der Waals surface area contributed by atoms with Crippen molar-refractivity contribution in [2.75, 3.05) is 58.8 Å². The summed E-state index contributed by atoms with van der Waals surface area (Å²) in [6.45, 7) is 3.68. The number of likely N-dealkylation sites (N-methyl/N-ethyl adjacent to an activating group) is 1. The number of hydrogen-bond acceptors (Lipinski definition) is 6. The first-order valence-electron chi connectivity index (χ1n) is 10.3. The molecule has 0 bridgehead atoms. The summed E-state index contributed by atoms with van der Waals surface area (Å²) in [6.07, 6.45) is 3.70. The van der Waals surface area contributed by atoms with Gasteiger partial charge in [0.2, 0.25) is 5.89 Å². The smallest absolute Gasteiger partial charge is 0.317 e. The molecule has 3 heterocycles. The van der Waals surface area contributed by atoms with Gasteiger partial charge in [-0.3, -0.25) is 0 Å². The van der Waals surface area contributed by atoms with Crippen molar-refractivity contribution >= 4 is 22.9 Å². The van der Waals surface area contributed by atoms with E-state index in [-0.39, 0.29) is 6.03 Å². The number of nitrogens with zero attached hydrogens (tertiary/aromatic N) is 5. The van der Waals surface area contributed by atoms with Crippen molar-refractivity contribution in [3.63, 3.8) is 0 Å². The highest BCUT2D eigenvalue weighted by Crippen LogP contribution is 2.22. The number of carbonyl (C=O) groups excluding carboxylic acids is 1. The van der Waals surface area contributed by atoms with Crippen LogP contribution in [0.25, 0.3) is 10.9 Å². The molecule has 30 heavy (non-hydrogen) atoms. The summed E-state index contributed by atoms with van der Waals surface area (Å²) in [5, 5.41) is 8.07. The van der Waals surface area contributed by atoms with Crippen LogP contribution in [0.15, 0.2) is 28.9 Å². The van der Waals surface area contributed by atoms with Crippen LogP contribution in [-0.2, 0) is 12.8 Å². The number of nitrogens with one attached hydrogen (secondary N) is 2. The zero-order valence-electron chi connectivity index (χ0n) is 17.8. The van der Waals surface area contributed by atoms with Crippen molar-refractivity contribution in [3.8, 4) is 0 Å². The topological polar surface area (TPSA) is 93.5 Å². The molecule has 1 fully saturated rings. The average Bonchev–Trinajstić information content (AvgIpc) is 3.38. The Kier molecular flexibility index (Phi) is 5.89. The molecular formula is C21H29N7O2. The first-order valence-corrected chi connectivity index (χ1v) is 10.3. The molecule has 3 aromatic rings. The summed E-state index contributed by atoms with van der Waals surface area (Å²) in [4.78, 5) is 25.7. The van der Waals surface area contributed by atoms with Crippen LogP contribution < -0.4 is 10.2 Å². The monoisotopic (exact) mass is 411 g/mol. The molecule has 2 amide bonds. The van der Waals surface area contributed by atoms with E-state index in [4.69, 9.17) is 4.52 Å². The summed E-state index contributed by atoms with van der Waals surface area (Å²) < 4.78 is 5.51. The summed E-state index contributed by atoms with van der Waals surface area (Å²) in [5.41, 5.74) is 3.61. The summed E-state index contributed by atoms with van der Waals surface area (Å²) >= 11 is 0. The van der Waals surface area contributed by atoms with Crippen molar-refractivity contribution < 1.29 is 9.32 Å². The van der Waals surface area contributed by atoms with E-state index in [0.29, 0.717) is 44.4 Å². The second-order valence-corrected chi connectivity index (χ2v) is 7.94. The number of aromatic nitrogens is 3. The largest absolute Gasteiger partial charge is 0.361 e. The van der Waals surface area contributed by atoms with E-state index >= 15 is 0 Å². The number of benzene rings is 1. The number of H-pyrrole nitrogens is 1. The van der Waals surface area contributed by atoms with E-state index in [0.717, 1.165) is 24.0 Å². The Bertz CT molecular complexity index is 1000. The third kappa shape index (κ3) is 4.40. The quantitative estimate of drug-likeness (QED) is 0.641. The fourth-order valence-corrected chi connectivity index (χ4v) is 3.77. The Morgan fingerprint density at radius 2 is 2.07 bits per heavy atom. The van der Waals surface area contributed by atoms with Crippen LogP contribution in [0.4, 0.5) is 10.7 Å². The molecular weight excluding hydrogens is 382 g/mol. The zero-order chi connectivity index (χ0) is 21.1. The lowest BCUT2D eigenvalue weighted by atomic mass is 10.1. The van der Waals surface area contributed by atoms with Crippen LogP contribution in [0.3, 0.4) is 0 Å². The van der Waals surface area contributed by atoms with Crippen molar-refractivity contribution in [1.29, 1.82) is 0 Å². The highest BCUT2D eigenvalue weighted by atomic mass is 16.5. The minimum atomic E-state index is -0.0476. The lowest BCUT2D eigenvalue weighted by Crippen LogP contribution is -2.51. The third-order valence-corrected chi connectivity index (χ3v) is 5.54. The Morgan fingerprint density at radius 3 is 2.80 bits per heavy atom. The van der Waals surface area contributed by atoms with Gasteiger partial charge in [0, 0.05) is 56.9 Å². The number of piperazine rings is 1. The number of fused-ring (bicyclic) bond motifs is 1. The maximum atomic E-state index is 11.7. The maximum Gasteiger partial charge on any atom is 0.317 e. The van der Waals surface area contributed by atoms with Crippen LogP contribution in [0.5, 0.6) is 0 Å². The fraction of sp³-hybridized carbons (Fsp3) is 0.476. The fourth-order valence-electron chi connectivity index (χ4n) is 3.77. The number of urea groups is 1. The van der Waals surface area contributed by atoms with Gasteiger partial charge in [0.05, 0.1) is 6.42 Å². The molecule has 0 radical (unpaired) electrons. The van der Waals surface area contributed by atoms with E-state index in [1.54, 1.807) is 11.9 Å². The molecule has 0 aliphatic carbocycles. The SMILES string of the molecule is CNC(=O)N1CCN(c2noc(Cc3ccc4[nH]cc(CCN(C)C)c4c3)n2)CC1. The molecule has 0 saturated carbocycles. The first kappa shape index (κ1) is 20.2. The maximum absolute atomic E-state index is 11.7. The van der Waals surface area contributed by atoms with Crippen LogP contribution in [0, 0.1) is 0 Å². The molecule has 4 rings (SSSR count). The molecule has 9 nitrogen and oxygen atoms in total. The van der Waals surface area contributed by atoms with Gasteiger partial charge in [-0.1, -0.05) is 6.07 Å². The van der Waals surface area contributed by atoms with Gasteiger partial charge in [0.25, 0.3) is 5.95 Å². The second kappa shape index (κ2) is 8.74. The number of carbonyl (C=O) groups is 1. The second-order valence-electron chi connectivity index (χ2n) is 7.94. The van der Waals surface area contributed by atoms with Gasteiger partial charge < -0.3 is 29.5 Å². The highest BCUT2D eigenvalue weighted by Gasteiger charge is 2.23. The summed E-state index contributed by atoms with van der Waals surface area (Å²) in [7, 11) is 5.83. The molecule has 1 aliphatic heterocycles. The van der Waals surface area contributed by atoms with Crippen molar-refractivity contribution in [2.45, 2.75) is 12.8 Å². The molecule has 1 aromatic carbocycles. The van der Waals surface area contributed by atoms with Gasteiger partial charge in [0.1, 0.15) is 0 Å². The van der Waals surface area contributed by atoms with Gasteiger partial charge in [-0.15, -0.1) is 0 Å². The predicted octanol–water partition coefficient (Wildman–Crippen LogP) is 1.71. The average molecular weight is 412 g/mol. The zero-order valence-corrected chi connectivity index (χ0v) is 17.8. The number of aromatic amines is 1. The summed E-state index contributed by atoms with van der Waals surface area (Å²) in [6, 6.07) is 6.37. The third-order valence-electron chi connectivity index (χ3n) is 5.54. The number of hydrogen-bond donors (Lipinski definition) is 2. The van der Waals surface area contributed by atoms with Gasteiger partial charge >= 0.3 is 6.03 Å². The highest BCUT2D eigenvalue weighted by molar-refractivity contribution is 5.84. The lowest BCUT2D eigenvalue weighted by Gasteiger charge is -2.33. The van der Waals surface area contributed by atoms with Crippen LogP contribution in [-0.4, -0.2) is 84.8 Å². The van der Waals surface area contributed by atoms with E-state index in [1.807, 2.05) is 0 Å². The normalized spacial score (nSPS) is 14.7. The number of anilines is 1. The van der Waals surface area contributed by atoms with Gasteiger partial charge in [0.15, 0.2) is 0 Å². The molecule has 2 N–H and O–H groups in total. The molecule has 0 spiro atoms.